The van der Waals surface area contributed by atoms with Crippen LogP contribution in [0.2, 0.25) is 0 Å². The molecule has 0 amide bonds. The summed E-state index contributed by atoms with van der Waals surface area (Å²) in [5, 5.41) is 11.9. The Kier molecular flexibility index (Phi) is 7.62. The summed E-state index contributed by atoms with van der Waals surface area (Å²) in [5.41, 5.74) is 0.416. The molecule has 1 aromatic carbocycles. The highest BCUT2D eigenvalue weighted by Gasteiger charge is 2.48. The van der Waals surface area contributed by atoms with E-state index in [4.69, 9.17) is 9.16 Å². The number of ether oxygens (including phenoxy) is 1. The number of rotatable bonds is 9. The molecule has 2 rings (SSSR count). The lowest BCUT2D eigenvalue weighted by atomic mass is 9.64. The van der Waals surface area contributed by atoms with Crippen molar-refractivity contribution < 1.29 is 18.9 Å². The van der Waals surface area contributed by atoms with Gasteiger partial charge in [0.25, 0.3) is 5.69 Å². The summed E-state index contributed by atoms with van der Waals surface area (Å²) in [6, 6.07) is 4.62. The molecule has 1 aromatic rings. The minimum atomic E-state index is -0.554. The molecule has 0 aromatic heterocycles. The molecule has 1 aliphatic rings. The number of esters is 1. The first-order chi connectivity index (χ1) is 13.6. The Bertz CT molecular complexity index is 735. The fraction of sp³-hybridized carbons (Fsp3) is 0.682. The second-order valence-corrected chi connectivity index (χ2v) is 9.49. The zero-order valence-electron chi connectivity index (χ0n) is 18.7. The molecule has 0 N–H and O–H groups in total. The van der Waals surface area contributed by atoms with Gasteiger partial charge in [-0.3, -0.25) is 10.1 Å². The molecule has 29 heavy (non-hydrogen) atoms. The molecular formula is C22H35NO5Si. The normalized spacial score (nSPS) is 16.3. The van der Waals surface area contributed by atoms with Crippen molar-refractivity contribution in [3.8, 4) is 0 Å². The predicted molar refractivity (Wildman–Crippen MR) is 117 cm³/mol. The van der Waals surface area contributed by atoms with Crippen LogP contribution in [0.1, 0.15) is 82.6 Å². The van der Waals surface area contributed by atoms with E-state index in [9.17, 15) is 14.9 Å². The third kappa shape index (κ3) is 4.56. The molecule has 0 spiro atoms. The van der Waals surface area contributed by atoms with E-state index in [1.165, 1.54) is 12.1 Å². The van der Waals surface area contributed by atoms with Gasteiger partial charge in [-0.2, -0.15) is 0 Å². The van der Waals surface area contributed by atoms with Gasteiger partial charge in [-0.1, -0.05) is 41.5 Å². The van der Waals surface area contributed by atoms with Gasteiger partial charge in [0.2, 0.25) is 0 Å². The first-order valence-corrected chi connectivity index (χ1v) is 11.4. The van der Waals surface area contributed by atoms with Gasteiger partial charge in [0, 0.05) is 17.5 Å². The Hall–Kier alpha value is -1.73. The van der Waals surface area contributed by atoms with Crippen molar-refractivity contribution in [2.24, 2.45) is 17.8 Å². The van der Waals surface area contributed by atoms with E-state index in [-0.39, 0.29) is 40.4 Å². The summed E-state index contributed by atoms with van der Waals surface area (Å²) >= 11 is 0. The molecule has 6 nitrogen and oxygen atoms in total. The summed E-state index contributed by atoms with van der Waals surface area (Å²) in [6.45, 7) is 12.5. The van der Waals surface area contributed by atoms with Crippen LogP contribution in [-0.4, -0.2) is 33.1 Å². The first-order valence-electron chi connectivity index (χ1n) is 10.6. The molecule has 1 saturated carbocycles. The van der Waals surface area contributed by atoms with Crippen molar-refractivity contribution in [2.45, 2.75) is 78.4 Å². The van der Waals surface area contributed by atoms with Crippen molar-refractivity contribution >= 4 is 22.1 Å². The van der Waals surface area contributed by atoms with Gasteiger partial charge in [0.05, 0.1) is 16.1 Å². The van der Waals surface area contributed by atoms with Gasteiger partial charge in [-0.05, 0) is 49.1 Å². The van der Waals surface area contributed by atoms with Crippen molar-refractivity contribution in [3.05, 3.63) is 39.4 Å². The van der Waals surface area contributed by atoms with Crippen LogP contribution in [-0.2, 0) is 9.16 Å². The molecule has 1 fully saturated rings. The molecule has 162 valence electrons. The number of carbonyl (C=O) groups excluding carboxylic acids is 1. The minimum Gasteiger partial charge on any atom is -0.459 e. The standard InChI is InChI=1S/C22H35NO5Si/c1-13(2)20(22(28-29,14(3)4)15(5)6)18-12-16(10-11-19(18)23(25)26)21(24)27-17-8-7-9-17/h10-15,17,20H,7-9H2,1-6,29H3. The second kappa shape index (κ2) is 9.39. The smallest absolute Gasteiger partial charge is 0.338 e. The molecule has 7 heteroatoms. The maximum absolute atomic E-state index is 12.6. The molecule has 0 heterocycles. The molecule has 1 aliphatic carbocycles. The maximum Gasteiger partial charge on any atom is 0.338 e. The van der Waals surface area contributed by atoms with Crippen LogP contribution in [0.4, 0.5) is 5.69 Å². The van der Waals surface area contributed by atoms with Crippen LogP contribution in [0.25, 0.3) is 0 Å². The number of hydrogen-bond acceptors (Lipinski definition) is 5. The molecule has 1 atom stereocenters. The van der Waals surface area contributed by atoms with Gasteiger partial charge in [0.1, 0.15) is 16.6 Å². The topological polar surface area (TPSA) is 78.7 Å². The molecule has 0 aliphatic heterocycles. The minimum absolute atomic E-state index is 0.0302. The number of nitro groups is 1. The Morgan fingerprint density at radius 1 is 1.17 bits per heavy atom. The van der Waals surface area contributed by atoms with Crippen molar-refractivity contribution in [1.29, 1.82) is 0 Å². The third-order valence-corrected chi connectivity index (χ3v) is 7.14. The number of benzene rings is 1. The summed E-state index contributed by atoms with van der Waals surface area (Å²) < 4.78 is 11.8. The number of nitrogens with zero attached hydrogens (tertiary/aromatic N) is 1. The largest absolute Gasteiger partial charge is 0.459 e. The molecule has 0 bridgehead atoms. The van der Waals surface area contributed by atoms with E-state index in [1.807, 2.05) is 0 Å². The van der Waals surface area contributed by atoms with Crippen LogP contribution < -0.4 is 0 Å². The highest BCUT2D eigenvalue weighted by Crippen LogP contribution is 2.49. The monoisotopic (exact) mass is 421 g/mol. The first kappa shape index (κ1) is 23.5. The van der Waals surface area contributed by atoms with E-state index >= 15 is 0 Å². The summed E-state index contributed by atoms with van der Waals surface area (Å²) in [6.07, 6.45) is 2.82. The zero-order valence-corrected chi connectivity index (χ0v) is 20.7. The van der Waals surface area contributed by atoms with Gasteiger partial charge in [-0.25, -0.2) is 4.79 Å². The molecule has 0 radical (unpaired) electrons. The Labute approximate surface area is 177 Å². The summed E-state index contributed by atoms with van der Waals surface area (Å²) in [7, 11) is 0.520. The van der Waals surface area contributed by atoms with Crippen LogP contribution in [0, 0.1) is 27.9 Å². The van der Waals surface area contributed by atoms with Crippen LogP contribution in [0.15, 0.2) is 18.2 Å². The quantitative estimate of drug-likeness (QED) is 0.256. The van der Waals surface area contributed by atoms with Crippen molar-refractivity contribution in [2.75, 3.05) is 0 Å². The Balaban J connectivity index is 2.62. The van der Waals surface area contributed by atoms with Crippen LogP contribution in [0.5, 0.6) is 0 Å². The lowest BCUT2D eigenvalue weighted by Gasteiger charge is -2.48. The number of carbonyl (C=O) groups is 1. The van der Waals surface area contributed by atoms with Gasteiger partial charge < -0.3 is 9.16 Å². The molecular weight excluding hydrogens is 386 g/mol. The SMILES string of the molecule is CC(C)C(c1cc(C(=O)OC2CCC2)ccc1[N+](=O)[O-])C(O[SiH3])(C(C)C)C(C)C. The van der Waals surface area contributed by atoms with Crippen LogP contribution >= 0.6 is 0 Å². The van der Waals surface area contributed by atoms with E-state index in [0.29, 0.717) is 21.6 Å². The lowest BCUT2D eigenvalue weighted by Crippen LogP contribution is -2.50. The maximum atomic E-state index is 12.6. The Morgan fingerprint density at radius 2 is 1.76 bits per heavy atom. The highest BCUT2D eigenvalue weighted by atomic mass is 28.2. The molecule has 1 unspecified atom stereocenters. The second-order valence-electron chi connectivity index (χ2n) is 9.08. The lowest BCUT2D eigenvalue weighted by molar-refractivity contribution is -0.386. The van der Waals surface area contributed by atoms with E-state index in [2.05, 4.69) is 41.5 Å². The number of hydrogen-bond donors (Lipinski definition) is 0. The van der Waals surface area contributed by atoms with E-state index in [1.54, 1.807) is 6.07 Å². The number of nitro benzene ring substituents is 1. The van der Waals surface area contributed by atoms with Crippen LogP contribution in [0.3, 0.4) is 0 Å². The average molecular weight is 422 g/mol. The van der Waals surface area contributed by atoms with Gasteiger partial charge in [0.15, 0.2) is 0 Å². The Morgan fingerprint density at radius 3 is 2.14 bits per heavy atom. The average Bonchev–Trinajstić information content (AvgIpc) is 2.60. The highest BCUT2D eigenvalue weighted by molar-refractivity contribution is 5.98. The summed E-state index contributed by atoms with van der Waals surface area (Å²) in [4.78, 5) is 24.2. The van der Waals surface area contributed by atoms with Crippen molar-refractivity contribution in [3.63, 3.8) is 0 Å². The summed E-state index contributed by atoms with van der Waals surface area (Å²) in [5.74, 6) is -0.239. The zero-order chi connectivity index (χ0) is 21.9. The van der Waals surface area contributed by atoms with Crippen molar-refractivity contribution in [1.82, 2.24) is 0 Å². The van der Waals surface area contributed by atoms with E-state index < -0.39 is 11.6 Å². The van der Waals surface area contributed by atoms with Gasteiger partial charge in [-0.15, -0.1) is 0 Å². The fourth-order valence-electron chi connectivity index (χ4n) is 4.91. The molecule has 0 saturated heterocycles. The predicted octanol–water partition coefficient (Wildman–Crippen LogP) is 4.39. The van der Waals surface area contributed by atoms with E-state index in [0.717, 1.165) is 19.3 Å². The van der Waals surface area contributed by atoms with Gasteiger partial charge >= 0.3 is 5.97 Å². The fourth-order valence-corrected chi connectivity index (χ4v) is 6.11. The third-order valence-electron chi connectivity index (χ3n) is 6.43.